The summed E-state index contributed by atoms with van der Waals surface area (Å²) >= 11 is 3.43. The van der Waals surface area contributed by atoms with E-state index in [9.17, 15) is 5.11 Å². The van der Waals surface area contributed by atoms with Crippen molar-refractivity contribution in [2.75, 3.05) is 6.61 Å². The Morgan fingerprint density at radius 3 is 2.45 bits per heavy atom. The molecule has 0 aliphatic rings. The van der Waals surface area contributed by atoms with Crippen LogP contribution in [0.5, 0.6) is 5.75 Å². The maximum absolute atomic E-state index is 9.36. The first-order valence-corrected chi connectivity index (χ1v) is 8.06. The van der Waals surface area contributed by atoms with Crippen molar-refractivity contribution in [2.45, 2.75) is 13.0 Å². The zero-order chi connectivity index (χ0) is 15.4. The highest BCUT2D eigenvalue weighted by atomic mass is 79.9. The van der Waals surface area contributed by atoms with Crippen LogP contribution in [0.3, 0.4) is 0 Å². The summed E-state index contributed by atoms with van der Waals surface area (Å²) in [4.78, 5) is 0. The van der Waals surface area contributed by atoms with Crippen molar-refractivity contribution >= 4 is 26.7 Å². The fourth-order valence-electron chi connectivity index (χ4n) is 2.56. The fourth-order valence-corrected chi connectivity index (χ4v) is 2.83. The first-order valence-electron chi connectivity index (χ1n) is 7.26. The molecule has 112 valence electrons. The van der Waals surface area contributed by atoms with Crippen LogP contribution < -0.4 is 4.74 Å². The quantitative estimate of drug-likeness (QED) is 0.716. The van der Waals surface area contributed by atoms with Crippen LogP contribution >= 0.6 is 15.9 Å². The van der Waals surface area contributed by atoms with Gasteiger partial charge < -0.3 is 9.84 Å². The third-order valence-electron chi connectivity index (χ3n) is 3.67. The third-order valence-corrected chi connectivity index (χ3v) is 4.20. The molecule has 0 aliphatic carbocycles. The number of benzene rings is 3. The van der Waals surface area contributed by atoms with Gasteiger partial charge in [0.1, 0.15) is 12.4 Å². The standard InChI is InChI=1S/C19H17BrO2/c20-16-8-5-14(6-9-16)13-22-19-10-7-15-3-1-2-4-17(15)18(19)11-12-21/h1-10,21H,11-13H2. The van der Waals surface area contributed by atoms with Gasteiger partial charge in [0, 0.05) is 16.6 Å². The summed E-state index contributed by atoms with van der Waals surface area (Å²) < 4.78 is 7.06. The molecule has 3 aromatic rings. The van der Waals surface area contributed by atoms with Crippen LogP contribution in [-0.4, -0.2) is 11.7 Å². The number of hydrogen-bond acceptors (Lipinski definition) is 2. The minimum atomic E-state index is 0.114. The molecule has 0 fully saturated rings. The summed E-state index contributed by atoms with van der Waals surface area (Å²) in [5, 5.41) is 11.7. The zero-order valence-electron chi connectivity index (χ0n) is 12.1. The second-order valence-corrected chi connectivity index (χ2v) is 6.07. The normalized spacial score (nSPS) is 10.8. The summed E-state index contributed by atoms with van der Waals surface area (Å²) in [5.74, 6) is 0.843. The van der Waals surface area contributed by atoms with Crippen molar-refractivity contribution in [1.82, 2.24) is 0 Å². The Kier molecular flexibility index (Phi) is 4.76. The van der Waals surface area contributed by atoms with Crippen molar-refractivity contribution in [3.05, 3.63) is 76.3 Å². The summed E-state index contributed by atoms with van der Waals surface area (Å²) in [6, 6.07) is 20.3. The molecule has 3 aromatic carbocycles. The lowest BCUT2D eigenvalue weighted by Gasteiger charge is -2.14. The van der Waals surface area contributed by atoms with Crippen molar-refractivity contribution < 1.29 is 9.84 Å². The molecule has 0 heterocycles. The average molecular weight is 357 g/mol. The first kappa shape index (κ1) is 15.1. The highest BCUT2D eigenvalue weighted by molar-refractivity contribution is 9.10. The lowest BCUT2D eigenvalue weighted by molar-refractivity contribution is 0.285. The Morgan fingerprint density at radius 1 is 0.909 bits per heavy atom. The molecule has 3 rings (SSSR count). The Labute approximate surface area is 138 Å². The zero-order valence-corrected chi connectivity index (χ0v) is 13.7. The topological polar surface area (TPSA) is 29.5 Å². The third kappa shape index (κ3) is 3.32. The number of hydrogen-bond donors (Lipinski definition) is 1. The maximum Gasteiger partial charge on any atom is 0.123 e. The Hall–Kier alpha value is -1.84. The van der Waals surface area contributed by atoms with E-state index in [2.05, 4.69) is 34.1 Å². The molecule has 3 heteroatoms. The van der Waals surface area contributed by atoms with Crippen LogP contribution in [-0.2, 0) is 13.0 Å². The number of aliphatic hydroxyl groups excluding tert-OH is 1. The Bertz CT molecular complexity index is 766. The van der Waals surface area contributed by atoms with Crippen LogP contribution in [0, 0.1) is 0 Å². The molecule has 0 spiro atoms. The van der Waals surface area contributed by atoms with E-state index in [0.717, 1.165) is 26.7 Å². The molecule has 0 unspecified atom stereocenters. The molecule has 0 saturated heterocycles. The number of rotatable bonds is 5. The minimum Gasteiger partial charge on any atom is -0.489 e. The van der Waals surface area contributed by atoms with Crippen LogP contribution in [0.2, 0.25) is 0 Å². The number of aliphatic hydroxyl groups is 1. The average Bonchev–Trinajstić information content (AvgIpc) is 2.56. The lowest BCUT2D eigenvalue weighted by atomic mass is 10.0. The highest BCUT2D eigenvalue weighted by Gasteiger charge is 2.08. The van der Waals surface area contributed by atoms with Crippen molar-refractivity contribution in [2.24, 2.45) is 0 Å². The molecule has 0 radical (unpaired) electrons. The molecular weight excluding hydrogens is 340 g/mol. The molecule has 0 aliphatic heterocycles. The van der Waals surface area contributed by atoms with E-state index in [1.807, 2.05) is 42.5 Å². The van der Waals surface area contributed by atoms with E-state index in [4.69, 9.17) is 4.74 Å². The molecule has 0 bridgehead atoms. The van der Waals surface area contributed by atoms with Gasteiger partial charge in [0.25, 0.3) is 0 Å². The summed E-state index contributed by atoms with van der Waals surface area (Å²) in [7, 11) is 0. The molecule has 0 aromatic heterocycles. The van der Waals surface area contributed by atoms with Crippen LogP contribution in [0.1, 0.15) is 11.1 Å². The van der Waals surface area contributed by atoms with Crippen molar-refractivity contribution in [3.63, 3.8) is 0 Å². The molecule has 0 saturated carbocycles. The summed E-state index contributed by atoms with van der Waals surface area (Å²) in [5.41, 5.74) is 2.18. The van der Waals surface area contributed by atoms with E-state index in [1.165, 1.54) is 5.39 Å². The van der Waals surface area contributed by atoms with Gasteiger partial charge in [-0.25, -0.2) is 0 Å². The van der Waals surface area contributed by atoms with Gasteiger partial charge >= 0.3 is 0 Å². The molecular formula is C19H17BrO2. The number of ether oxygens (including phenoxy) is 1. The van der Waals surface area contributed by atoms with E-state index in [-0.39, 0.29) is 6.61 Å². The van der Waals surface area contributed by atoms with Gasteiger partial charge in [0.05, 0.1) is 0 Å². The highest BCUT2D eigenvalue weighted by Crippen LogP contribution is 2.29. The van der Waals surface area contributed by atoms with Gasteiger partial charge in [-0.1, -0.05) is 58.4 Å². The van der Waals surface area contributed by atoms with Crippen LogP contribution in [0.25, 0.3) is 10.8 Å². The van der Waals surface area contributed by atoms with Gasteiger partial charge in [0.15, 0.2) is 0 Å². The first-order chi connectivity index (χ1) is 10.8. The van der Waals surface area contributed by atoms with E-state index >= 15 is 0 Å². The molecule has 0 atom stereocenters. The SMILES string of the molecule is OCCc1c(OCc2ccc(Br)cc2)ccc2ccccc12. The van der Waals surface area contributed by atoms with Crippen molar-refractivity contribution in [1.29, 1.82) is 0 Å². The molecule has 1 N–H and O–H groups in total. The van der Waals surface area contributed by atoms with Crippen LogP contribution in [0.4, 0.5) is 0 Å². The number of halogens is 1. The smallest absolute Gasteiger partial charge is 0.123 e. The minimum absolute atomic E-state index is 0.114. The van der Waals surface area contributed by atoms with Crippen molar-refractivity contribution in [3.8, 4) is 5.75 Å². The van der Waals surface area contributed by atoms with E-state index in [0.29, 0.717) is 13.0 Å². The van der Waals surface area contributed by atoms with Gasteiger partial charge in [0.2, 0.25) is 0 Å². The second kappa shape index (κ2) is 6.95. The largest absolute Gasteiger partial charge is 0.489 e. The number of fused-ring (bicyclic) bond motifs is 1. The Balaban J connectivity index is 1.89. The maximum atomic E-state index is 9.36. The molecule has 0 amide bonds. The van der Waals surface area contributed by atoms with Gasteiger partial charge in [-0.15, -0.1) is 0 Å². The van der Waals surface area contributed by atoms with Gasteiger partial charge in [-0.3, -0.25) is 0 Å². The van der Waals surface area contributed by atoms with Gasteiger partial charge in [-0.2, -0.15) is 0 Å². The molecule has 22 heavy (non-hydrogen) atoms. The predicted molar refractivity (Wildman–Crippen MR) is 93.2 cm³/mol. The monoisotopic (exact) mass is 356 g/mol. The summed E-state index contributed by atoms with van der Waals surface area (Å²) in [6.07, 6.45) is 0.594. The fraction of sp³-hybridized carbons (Fsp3) is 0.158. The Morgan fingerprint density at radius 2 is 1.68 bits per heavy atom. The summed E-state index contributed by atoms with van der Waals surface area (Å²) in [6.45, 7) is 0.632. The van der Waals surface area contributed by atoms with Gasteiger partial charge in [-0.05, 0) is 41.0 Å². The second-order valence-electron chi connectivity index (χ2n) is 5.15. The molecule has 2 nitrogen and oxygen atoms in total. The van der Waals surface area contributed by atoms with E-state index in [1.54, 1.807) is 0 Å². The van der Waals surface area contributed by atoms with E-state index < -0.39 is 0 Å². The predicted octanol–water partition coefficient (Wildman–Crippen LogP) is 4.72. The lowest BCUT2D eigenvalue weighted by Crippen LogP contribution is -2.01. The van der Waals surface area contributed by atoms with Crippen LogP contribution in [0.15, 0.2) is 65.1 Å².